The van der Waals surface area contributed by atoms with Crippen molar-refractivity contribution < 1.29 is 0 Å². The predicted molar refractivity (Wildman–Crippen MR) is 77.3 cm³/mol. The minimum Gasteiger partial charge on any atom is -0.365 e. The van der Waals surface area contributed by atoms with Gasteiger partial charge in [0.25, 0.3) is 0 Å². The first-order chi connectivity index (χ1) is 8.86. The maximum Gasteiger partial charge on any atom is 0.0928 e. The largest absolute Gasteiger partial charge is 0.365 e. The summed E-state index contributed by atoms with van der Waals surface area (Å²) in [5.41, 5.74) is 4.09. The number of thiazole rings is 1. The molecule has 0 aliphatic carbocycles. The molecule has 0 radical (unpaired) electrons. The number of nitrogens with zero attached hydrogens (tertiary/aromatic N) is 2. The molecule has 3 rings (SSSR count). The van der Waals surface area contributed by atoms with Gasteiger partial charge in [0.1, 0.15) is 0 Å². The number of para-hydroxylation sites is 1. The van der Waals surface area contributed by atoms with Crippen LogP contribution >= 0.6 is 11.3 Å². The number of benzene rings is 1. The van der Waals surface area contributed by atoms with Crippen molar-refractivity contribution in [3.05, 3.63) is 45.9 Å². The van der Waals surface area contributed by atoms with Crippen LogP contribution in [0.5, 0.6) is 0 Å². The van der Waals surface area contributed by atoms with E-state index in [9.17, 15) is 0 Å². The second-order valence-corrected chi connectivity index (χ2v) is 5.73. The molecule has 2 aromatic rings. The molecule has 0 N–H and O–H groups in total. The second kappa shape index (κ2) is 5.11. The Bertz CT molecular complexity index is 533. The van der Waals surface area contributed by atoms with Crippen molar-refractivity contribution in [2.45, 2.75) is 32.7 Å². The lowest BCUT2D eigenvalue weighted by Crippen LogP contribution is -2.19. The van der Waals surface area contributed by atoms with Crippen LogP contribution in [0.2, 0.25) is 0 Å². The van der Waals surface area contributed by atoms with E-state index >= 15 is 0 Å². The summed E-state index contributed by atoms with van der Waals surface area (Å²) in [5.74, 6) is 0. The van der Waals surface area contributed by atoms with E-state index in [0.29, 0.717) is 0 Å². The molecule has 0 unspecified atom stereocenters. The molecular formula is C15H18N2S. The molecule has 0 atom stereocenters. The van der Waals surface area contributed by atoms with E-state index in [4.69, 9.17) is 4.98 Å². The highest BCUT2D eigenvalue weighted by molar-refractivity contribution is 7.09. The van der Waals surface area contributed by atoms with Gasteiger partial charge in [0.2, 0.25) is 0 Å². The molecule has 94 valence electrons. The Labute approximate surface area is 112 Å². The molecule has 1 aliphatic heterocycles. The zero-order valence-electron chi connectivity index (χ0n) is 10.7. The van der Waals surface area contributed by atoms with Crippen molar-refractivity contribution in [3.8, 4) is 0 Å². The fourth-order valence-corrected chi connectivity index (χ4v) is 3.41. The number of aromatic nitrogens is 1. The number of aryl methyl sites for hydroxylation is 1. The number of fused-ring (bicyclic) bond motifs is 1. The van der Waals surface area contributed by atoms with Gasteiger partial charge in [0.15, 0.2) is 0 Å². The Kier molecular flexibility index (Phi) is 3.33. The highest BCUT2D eigenvalue weighted by atomic mass is 32.1. The average Bonchev–Trinajstić information content (AvgIpc) is 2.99. The van der Waals surface area contributed by atoms with Crippen LogP contribution in [-0.2, 0) is 19.4 Å². The number of hydrogen-bond acceptors (Lipinski definition) is 3. The topological polar surface area (TPSA) is 16.1 Å². The first kappa shape index (κ1) is 11.7. The molecule has 0 spiro atoms. The highest BCUT2D eigenvalue weighted by Gasteiger charge is 2.18. The molecule has 0 fully saturated rings. The van der Waals surface area contributed by atoms with E-state index in [1.54, 1.807) is 11.3 Å². The zero-order valence-corrected chi connectivity index (χ0v) is 11.5. The van der Waals surface area contributed by atoms with Gasteiger partial charge in [-0.3, -0.25) is 0 Å². The van der Waals surface area contributed by atoms with Crippen LogP contribution in [0.1, 0.15) is 29.6 Å². The van der Waals surface area contributed by atoms with E-state index < -0.39 is 0 Å². The van der Waals surface area contributed by atoms with Crippen LogP contribution in [0.4, 0.5) is 5.69 Å². The molecule has 18 heavy (non-hydrogen) atoms. The molecule has 2 heterocycles. The van der Waals surface area contributed by atoms with Crippen LogP contribution in [-0.4, -0.2) is 11.5 Å². The van der Waals surface area contributed by atoms with E-state index in [1.807, 2.05) is 0 Å². The fraction of sp³-hybridized carbons (Fsp3) is 0.400. The number of rotatable bonds is 4. The quantitative estimate of drug-likeness (QED) is 0.832. The Hall–Kier alpha value is -1.35. The maximum atomic E-state index is 4.71. The predicted octanol–water partition coefficient (Wildman–Crippen LogP) is 3.66. The summed E-state index contributed by atoms with van der Waals surface area (Å²) in [5, 5.41) is 3.49. The van der Waals surface area contributed by atoms with Crippen LogP contribution in [0.3, 0.4) is 0 Å². The molecule has 0 bridgehead atoms. The maximum absolute atomic E-state index is 4.71. The fourth-order valence-electron chi connectivity index (χ4n) is 2.52. The van der Waals surface area contributed by atoms with Crippen molar-refractivity contribution in [1.29, 1.82) is 0 Å². The normalized spacial score (nSPS) is 13.9. The molecule has 2 nitrogen and oxygen atoms in total. The van der Waals surface area contributed by atoms with Gasteiger partial charge in [-0.15, -0.1) is 11.3 Å². The van der Waals surface area contributed by atoms with Gasteiger partial charge < -0.3 is 4.90 Å². The third kappa shape index (κ3) is 2.27. The molecule has 1 aliphatic rings. The monoisotopic (exact) mass is 258 g/mol. The number of hydrogen-bond donors (Lipinski definition) is 0. The molecule has 1 aromatic carbocycles. The first-order valence-corrected chi connectivity index (χ1v) is 7.51. The third-order valence-electron chi connectivity index (χ3n) is 3.40. The van der Waals surface area contributed by atoms with Crippen molar-refractivity contribution >= 4 is 17.0 Å². The van der Waals surface area contributed by atoms with Crippen molar-refractivity contribution in [2.24, 2.45) is 0 Å². The summed E-state index contributed by atoms with van der Waals surface area (Å²) in [7, 11) is 0. The molecular weight excluding hydrogens is 240 g/mol. The van der Waals surface area contributed by atoms with E-state index in [1.165, 1.54) is 34.8 Å². The van der Waals surface area contributed by atoms with E-state index in [-0.39, 0.29) is 0 Å². The van der Waals surface area contributed by atoms with Gasteiger partial charge in [-0.2, -0.15) is 0 Å². The van der Waals surface area contributed by atoms with Crippen LogP contribution in [0, 0.1) is 0 Å². The summed E-state index contributed by atoms with van der Waals surface area (Å²) in [6, 6.07) is 8.71. The highest BCUT2D eigenvalue weighted by Crippen LogP contribution is 2.29. The number of anilines is 1. The molecule has 0 saturated carbocycles. The lowest BCUT2D eigenvalue weighted by atomic mass is 10.2. The third-order valence-corrected chi connectivity index (χ3v) is 4.36. The smallest absolute Gasteiger partial charge is 0.0928 e. The molecule has 3 heteroatoms. The van der Waals surface area contributed by atoms with Crippen LogP contribution in [0.25, 0.3) is 0 Å². The lowest BCUT2D eigenvalue weighted by molar-refractivity contribution is 0.809. The standard InChI is InChI=1S/C15H18N2S/c1-2-5-15-16-13(11-18-15)10-17-9-8-12-6-3-4-7-14(12)17/h3-4,6-7,11H,2,5,8-10H2,1H3. The van der Waals surface area contributed by atoms with Crippen LogP contribution in [0.15, 0.2) is 29.6 Å². The summed E-state index contributed by atoms with van der Waals surface area (Å²) < 4.78 is 0. The molecule has 0 saturated heterocycles. The summed E-state index contributed by atoms with van der Waals surface area (Å²) in [4.78, 5) is 7.16. The Morgan fingerprint density at radius 1 is 1.33 bits per heavy atom. The summed E-state index contributed by atoms with van der Waals surface area (Å²) in [6.45, 7) is 4.29. The van der Waals surface area contributed by atoms with Gasteiger partial charge in [0.05, 0.1) is 17.2 Å². The molecule has 1 aromatic heterocycles. The Balaban J connectivity index is 1.73. The minimum atomic E-state index is 0.956. The summed E-state index contributed by atoms with van der Waals surface area (Å²) >= 11 is 1.80. The minimum absolute atomic E-state index is 0.956. The van der Waals surface area contributed by atoms with Crippen molar-refractivity contribution in [2.75, 3.05) is 11.4 Å². The summed E-state index contributed by atoms with van der Waals surface area (Å²) in [6.07, 6.45) is 3.46. The van der Waals surface area contributed by atoms with Crippen LogP contribution < -0.4 is 4.90 Å². The Morgan fingerprint density at radius 2 is 2.22 bits per heavy atom. The van der Waals surface area contributed by atoms with E-state index in [0.717, 1.165) is 19.5 Å². The Morgan fingerprint density at radius 3 is 3.11 bits per heavy atom. The first-order valence-electron chi connectivity index (χ1n) is 6.63. The van der Waals surface area contributed by atoms with Gasteiger partial charge in [-0.1, -0.05) is 25.1 Å². The van der Waals surface area contributed by atoms with Crippen molar-refractivity contribution in [1.82, 2.24) is 4.98 Å². The average molecular weight is 258 g/mol. The van der Waals surface area contributed by atoms with Gasteiger partial charge >= 0.3 is 0 Å². The SMILES string of the molecule is CCCc1nc(CN2CCc3ccccc32)cs1. The zero-order chi connectivity index (χ0) is 12.4. The van der Waals surface area contributed by atoms with E-state index in [2.05, 4.69) is 41.5 Å². The lowest BCUT2D eigenvalue weighted by Gasteiger charge is -2.17. The van der Waals surface area contributed by atoms with Gasteiger partial charge in [-0.25, -0.2) is 4.98 Å². The second-order valence-electron chi connectivity index (χ2n) is 4.78. The van der Waals surface area contributed by atoms with Gasteiger partial charge in [-0.05, 0) is 30.9 Å². The van der Waals surface area contributed by atoms with Gasteiger partial charge in [0, 0.05) is 17.6 Å². The van der Waals surface area contributed by atoms with Crippen molar-refractivity contribution in [3.63, 3.8) is 0 Å². The molecule has 0 amide bonds.